The minimum absolute atomic E-state index is 0.0207. The number of ether oxygens (including phenoxy) is 1. The van der Waals surface area contributed by atoms with E-state index in [1.165, 1.54) is 0 Å². The number of primary amides is 1. The summed E-state index contributed by atoms with van der Waals surface area (Å²) in [6.45, 7) is 4.64. The second-order valence-electron chi connectivity index (χ2n) is 5.07. The summed E-state index contributed by atoms with van der Waals surface area (Å²) in [5.41, 5.74) is 6.86. The molecule has 1 saturated heterocycles. The normalized spacial score (nSPS) is 23.2. The molecule has 4 heteroatoms. The van der Waals surface area contributed by atoms with E-state index in [0.717, 1.165) is 38.1 Å². The Kier molecular flexibility index (Phi) is 3.99. The topological polar surface area (TPSA) is 64.3 Å². The molecular weight excluding hydrogens is 228 g/mol. The molecule has 1 aromatic rings. The first-order valence-corrected chi connectivity index (χ1v) is 6.32. The molecule has 0 aromatic heterocycles. The quantitative estimate of drug-likeness (QED) is 0.829. The fraction of sp³-hybridized carbons (Fsp3) is 0.500. The zero-order chi connectivity index (χ0) is 13.0. The summed E-state index contributed by atoms with van der Waals surface area (Å²) in [4.78, 5) is 10.9. The van der Waals surface area contributed by atoms with Crippen LogP contribution in [0.4, 0.5) is 0 Å². The molecule has 0 radical (unpaired) electrons. The molecule has 1 amide bonds. The molecule has 0 aliphatic carbocycles. The van der Waals surface area contributed by atoms with E-state index in [1.54, 1.807) is 12.1 Å². The van der Waals surface area contributed by atoms with Crippen molar-refractivity contribution < 1.29 is 9.53 Å². The molecule has 1 heterocycles. The lowest BCUT2D eigenvalue weighted by molar-refractivity contribution is 0.0207. The lowest BCUT2D eigenvalue weighted by Gasteiger charge is -2.23. The second-order valence-corrected chi connectivity index (χ2v) is 5.07. The number of hydrogen-bond acceptors (Lipinski definition) is 3. The molecular formula is C14H20N2O2. The van der Waals surface area contributed by atoms with Crippen molar-refractivity contribution >= 4 is 5.91 Å². The molecule has 98 valence electrons. The minimum Gasteiger partial charge on any atom is -0.374 e. The fourth-order valence-corrected chi connectivity index (χ4v) is 2.23. The van der Waals surface area contributed by atoms with Crippen LogP contribution in [0.5, 0.6) is 0 Å². The summed E-state index contributed by atoms with van der Waals surface area (Å²) in [6, 6.07) is 7.36. The molecule has 4 nitrogen and oxygen atoms in total. The Morgan fingerprint density at radius 1 is 1.44 bits per heavy atom. The predicted molar refractivity (Wildman–Crippen MR) is 70.3 cm³/mol. The van der Waals surface area contributed by atoms with Gasteiger partial charge in [-0.05, 0) is 37.5 Å². The Bertz CT molecular complexity index is 408. The molecule has 1 atom stereocenters. The van der Waals surface area contributed by atoms with E-state index >= 15 is 0 Å². The largest absolute Gasteiger partial charge is 0.374 e. The van der Waals surface area contributed by atoms with Gasteiger partial charge in [0.05, 0.1) is 5.60 Å². The number of carbonyl (C=O) groups is 1. The van der Waals surface area contributed by atoms with Crippen LogP contribution in [0.15, 0.2) is 24.3 Å². The van der Waals surface area contributed by atoms with Gasteiger partial charge in [-0.2, -0.15) is 0 Å². The number of amides is 1. The smallest absolute Gasteiger partial charge is 0.248 e. The summed E-state index contributed by atoms with van der Waals surface area (Å²) < 4.78 is 5.71. The van der Waals surface area contributed by atoms with Crippen molar-refractivity contribution in [3.63, 3.8) is 0 Å². The molecule has 1 fully saturated rings. The van der Waals surface area contributed by atoms with E-state index in [4.69, 9.17) is 10.5 Å². The average molecular weight is 248 g/mol. The van der Waals surface area contributed by atoms with Crippen LogP contribution in [-0.4, -0.2) is 24.7 Å². The summed E-state index contributed by atoms with van der Waals surface area (Å²) in [6.07, 6.45) is 2.26. The van der Waals surface area contributed by atoms with Crippen molar-refractivity contribution in [2.75, 3.05) is 13.2 Å². The van der Waals surface area contributed by atoms with Crippen LogP contribution in [0, 0.1) is 0 Å². The maximum absolute atomic E-state index is 10.9. The van der Waals surface area contributed by atoms with Crippen LogP contribution in [0.1, 0.15) is 35.7 Å². The molecule has 0 saturated carbocycles. The minimum atomic E-state index is -0.388. The Morgan fingerprint density at radius 3 is 2.72 bits per heavy atom. The van der Waals surface area contributed by atoms with Crippen molar-refractivity contribution in [2.45, 2.75) is 31.9 Å². The highest BCUT2D eigenvalue weighted by atomic mass is 16.5. The lowest BCUT2D eigenvalue weighted by atomic mass is 10.0. The number of carbonyl (C=O) groups excluding carboxylic acids is 1. The number of rotatable bonds is 5. The molecule has 2 rings (SSSR count). The molecule has 1 aliphatic rings. The van der Waals surface area contributed by atoms with E-state index in [1.807, 2.05) is 12.1 Å². The average Bonchev–Trinajstić information content (AvgIpc) is 2.77. The Morgan fingerprint density at radius 2 is 2.17 bits per heavy atom. The fourth-order valence-electron chi connectivity index (χ4n) is 2.23. The van der Waals surface area contributed by atoms with Gasteiger partial charge < -0.3 is 15.8 Å². The Labute approximate surface area is 108 Å². The van der Waals surface area contributed by atoms with Gasteiger partial charge in [0.1, 0.15) is 0 Å². The van der Waals surface area contributed by atoms with Crippen LogP contribution in [0.3, 0.4) is 0 Å². The van der Waals surface area contributed by atoms with Crippen LogP contribution in [-0.2, 0) is 11.3 Å². The molecule has 1 aromatic carbocycles. The van der Waals surface area contributed by atoms with E-state index in [2.05, 4.69) is 12.2 Å². The monoisotopic (exact) mass is 248 g/mol. The van der Waals surface area contributed by atoms with E-state index in [9.17, 15) is 4.79 Å². The standard InChI is InChI=1S/C14H20N2O2/c1-14(7-2-8-18-14)10-16-9-11-3-5-12(6-4-11)13(15)17/h3-6,16H,2,7-10H2,1H3,(H2,15,17). The van der Waals surface area contributed by atoms with Crippen molar-refractivity contribution in [1.29, 1.82) is 0 Å². The van der Waals surface area contributed by atoms with Crippen molar-refractivity contribution in [3.05, 3.63) is 35.4 Å². The summed E-state index contributed by atoms with van der Waals surface area (Å²) in [5.74, 6) is -0.388. The third-order valence-corrected chi connectivity index (χ3v) is 3.37. The molecule has 1 unspecified atom stereocenters. The molecule has 1 aliphatic heterocycles. The Hall–Kier alpha value is -1.39. The van der Waals surface area contributed by atoms with Gasteiger partial charge in [-0.3, -0.25) is 4.79 Å². The highest BCUT2D eigenvalue weighted by molar-refractivity contribution is 5.92. The van der Waals surface area contributed by atoms with E-state index in [0.29, 0.717) is 5.56 Å². The SMILES string of the molecule is CC1(CNCc2ccc(C(N)=O)cc2)CCCO1. The molecule has 18 heavy (non-hydrogen) atoms. The molecule has 0 spiro atoms. The molecule has 3 N–H and O–H groups in total. The van der Waals surface area contributed by atoms with Gasteiger partial charge in [0.2, 0.25) is 5.91 Å². The van der Waals surface area contributed by atoms with Crippen LogP contribution in [0.2, 0.25) is 0 Å². The van der Waals surface area contributed by atoms with Crippen molar-refractivity contribution in [2.24, 2.45) is 5.73 Å². The number of benzene rings is 1. The van der Waals surface area contributed by atoms with E-state index < -0.39 is 0 Å². The number of nitrogens with two attached hydrogens (primary N) is 1. The van der Waals surface area contributed by atoms with Crippen molar-refractivity contribution in [1.82, 2.24) is 5.32 Å². The highest BCUT2D eigenvalue weighted by Gasteiger charge is 2.28. The van der Waals surface area contributed by atoms with Gasteiger partial charge in [-0.1, -0.05) is 12.1 Å². The Balaban J connectivity index is 1.81. The lowest BCUT2D eigenvalue weighted by Crippen LogP contribution is -2.36. The van der Waals surface area contributed by atoms with Gasteiger partial charge in [-0.15, -0.1) is 0 Å². The second kappa shape index (κ2) is 5.50. The first-order chi connectivity index (χ1) is 8.59. The van der Waals surface area contributed by atoms with Gasteiger partial charge in [0.15, 0.2) is 0 Å². The number of nitrogens with one attached hydrogen (secondary N) is 1. The van der Waals surface area contributed by atoms with Crippen LogP contribution in [0.25, 0.3) is 0 Å². The third kappa shape index (κ3) is 3.31. The summed E-state index contributed by atoms with van der Waals surface area (Å²) in [5, 5.41) is 3.39. The van der Waals surface area contributed by atoms with E-state index in [-0.39, 0.29) is 11.5 Å². The highest BCUT2D eigenvalue weighted by Crippen LogP contribution is 2.23. The zero-order valence-corrected chi connectivity index (χ0v) is 10.7. The van der Waals surface area contributed by atoms with Gasteiger partial charge in [0, 0.05) is 25.3 Å². The first-order valence-electron chi connectivity index (χ1n) is 6.32. The van der Waals surface area contributed by atoms with Crippen LogP contribution >= 0.6 is 0 Å². The third-order valence-electron chi connectivity index (χ3n) is 3.37. The van der Waals surface area contributed by atoms with Gasteiger partial charge in [-0.25, -0.2) is 0 Å². The van der Waals surface area contributed by atoms with Crippen LogP contribution < -0.4 is 11.1 Å². The van der Waals surface area contributed by atoms with Crippen molar-refractivity contribution in [3.8, 4) is 0 Å². The maximum Gasteiger partial charge on any atom is 0.248 e. The maximum atomic E-state index is 10.9. The van der Waals surface area contributed by atoms with Gasteiger partial charge in [0.25, 0.3) is 0 Å². The number of hydrogen-bond donors (Lipinski definition) is 2. The predicted octanol–water partition coefficient (Wildman–Crippen LogP) is 1.44. The molecule has 0 bridgehead atoms. The van der Waals surface area contributed by atoms with Gasteiger partial charge >= 0.3 is 0 Å². The first kappa shape index (κ1) is 13.1. The summed E-state index contributed by atoms with van der Waals surface area (Å²) >= 11 is 0. The summed E-state index contributed by atoms with van der Waals surface area (Å²) in [7, 11) is 0. The zero-order valence-electron chi connectivity index (χ0n) is 10.7.